The van der Waals surface area contributed by atoms with E-state index in [-0.39, 0.29) is 30.7 Å². The van der Waals surface area contributed by atoms with Crippen LogP contribution in [0.4, 0.5) is 0 Å². The Morgan fingerprint density at radius 1 is 0.938 bits per heavy atom. The molecule has 1 saturated heterocycles. The molecule has 2 atom stereocenters. The van der Waals surface area contributed by atoms with Gasteiger partial charge in [-0.2, -0.15) is 0 Å². The molecule has 176 valence electrons. The van der Waals surface area contributed by atoms with Crippen LogP contribution in [0.15, 0.2) is 53.4 Å². The molecule has 4 rings (SSSR count). The normalized spacial score (nSPS) is 20.8. The predicted octanol–water partition coefficient (Wildman–Crippen LogP) is 2.82. The molecule has 1 aliphatic carbocycles. The smallest absolute Gasteiger partial charge is 0.236 e. The third-order valence-electron chi connectivity index (χ3n) is 6.12. The fourth-order valence-corrected chi connectivity index (χ4v) is 4.62. The Bertz CT molecular complexity index is 1010. The molecule has 1 aliphatic heterocycles. The Kier molecular flexibility index (Phi) is 9.14. The lowest BCUT2D eigenvalue weighted by molar-refractivity contribution is -0.131. The second-order valence-electron chi connectivity index (χ2n) is 8.43. The fraction of sp³-hybridized carbons (Fsp3) is 0.435. The summed E-state index contributed by atoms with van der Waals surface area (Å²) in [6.07, 6.45) is 2.27. The van der Waals surface area contributed by atoms with E-state index < -0.39 is 9.84 Å². The average molecular weight is 500 g/mol. The van der Waals surface area contributed by atoms with Crippen molar-refractivity contribution in [1.82, 2.24) is 15.1 Å². The summed E-state index contributed by atoms with van der Waals surface area (Å²) in [5.74, 6) is 0.647. The van der Waals surface area contributed by atoms with Crippen molar-refractivity contribution in [3.05, 3.63) is 54.1 Å². The largest absolute Gasteiger partial charge is 0.339 e. The zero-order valence-electron chi connectivity index (χ0n) is 18.4. The highest BCUT2D eigenvalue weighted by Crippen LogP contribution is 2.41. The van der Waals surface area contributed by atoms with Crippen LogP contribution in [-0.2, 0) is 14.6 Å². The summed E-state index contributed by atoms with van der Waals surface area (Å²) in [6.45, 7) is 3.94. The molecule has 32 heavy (non-hydrogen) atoms. The standard InChI is InChI=1S/C23H29N3O3S.2ClH/c1-25-11-13-26(14-12-25)23(27)16-24-22-15-21(22)19-5-3-17(4-6-19)18-7-9-20(10-8-18)30(2,28)29;;/h3-10,21-22,24H,11-16H2,1-2H3;2*1H/t21?,22-;;/m0../s1. The zero-order chi connectivity index (χ0) is 21.3. The first-order valence-electron chi connectivity index (χ1n) is 10.4. The van der Waals surface area contributed by atoms with Crippen LogP contribution in [0, 0.1) is 0 Å². The highest BCUT2D eigenvalue weighted by Gasteiger charge is 2.38. The van der Waals surface area contributed by atoms with E-state index in [1.54, 1.807) is 12.1 Å². The summed E-state index contributed by atoms with van der Waals surface area (Å²) < 4.78 is 23.2. The van der Waals surface area contributed by atoms with Gasteiger partial charge in [-0.3, -0.25) is 4.79 Å². The number of carbonyl (C=O) groups is 1. The Balaban J connectivity index is 0.00000181. The van der Waals surface area contributed by atoms with E-state index in [9.17, 15) is 13.2 Å². The fourth-order valence-electron chi connectivity index (χ4n) is 3.99. The maximum atomic E-state index is 12.4. The number of nitrogens with zero attached hydrogens (tertiary/aromatic N) is 2. The van der Waals surface area contributed by atoms with Gasteiger partial charge in [0.2, 0.25) is 5.91 Å². The first kappa shape index (κ1) is 26.6. The minimum atomic E-state index is -3.18. The van der Waals surface area contributed by atoms with Gasteiger partial charge in [0, 0.05) is 44.4 Å². The van der Waals surface area contributed by atoms with Crippen molar-refractivity contribution < 1.29 is 13.2 Å². The van der Waals surface area contributed by atoms with Crippen LogP contribution in [0.25, 0.3) is 11.1 Å². The number of benzene rings is 2. The maximum Gasteiger partial charge on any atom is 0.236 e. The summed E-state index contributed by atoms with van der Waals surface area (Å²) in [7, 11) is -1.09. The molecule has 2 aromatic rings. The van der Waals surface area contributed by atoms with Crippen molar-refractivity contribution in [3.8, 4) is 11.1 Å². The van der Waals surface area contributed by atoms with Gasteiger partial charge in [-0.1, -0.05) is 36.4 Å². The lowest BCUT2D eigenvalue weighted by atomic mass is 10.0. The lowest BCUT2D eigenvalue weighted by Gasteiger charge is -2.32. The SMILES string of the molecule is CN1CCN(C(=O)CN[C@H]2CC2c2ccc(-c3ccc(S(C)(=O)=O)cc3)cc2)CC1.Cl.Cl. The second kappa shape index (κ2) is 11.0. The number of sulfone groups is 1. The van der Waals surface area contributed by atoms with Gasteiger partial charge < -0.3 is 15.1 Å². The molecule has 0 spiro atoms. The van der Waals surface area contributed by atoms with Crippen LogP contribution < -0.4 is 5.32 Å². The van der Waals surface area contributed by atoms with Crippen molar-refractivity contribution in [2.75, 3.05) is 46.0 Å². The van der Waals surface area contributed by atoms with E-state index in [2.05, 4.69) is 41.5 Å². The maximum absolute atomic E-state index is 12.4. The van der Waals surface area contributed by atoms with Crippen molar-refractivity contribution in [1.29, 1.82) is 0 Å². The molecule has 2 aliphatic rings. The molecule has 0 radical (unpaired) electrons. The van der Waals surface area contributed by atoms with Crippen LogP contribution in [0.1, 0.15) is 17.9 Å². The Hall–Kier alpha value is -1.64. The van der Waals surface area contributed by atoms with Crippen molar-refractivity contribution in [2.24, 2.45) is 0 Å². The third-order valence-corrected chi connectivity index (χ3v) is 7.25. The van der Waals surface area contributed by atoms with E-state index in [4.69, 9.17) is 0 Å². The number of likely N-dealkylation sites (N-methyl/N-ethyl adjacent to an activating group) is 1. The summed E-state index contributed by atoms with van der Waals surface area (Å²) in [5.41, 5.74) is 3.34. The molecule has 1 amide bonds. The quantitative estimate of drug-likeness (QED) is 0.661. The van der Waals surface area contributed by atoms with Crippen LogP contribution in [0.3, 0.4) is 0 Å². The minimum Gasteiger partial charge on any atom is -0.339 e. The Morgan fingerprint density at radius 3 is 2.00 bits per heavy atom. The number of halogens is 2. The number of hydrogen-bond acceptors (Lipinski definition) is 5. The van der Waals surface area contributed by atoms with Crippen molar-refractivity contribution in [2.45, 2.75) is 23.3 Å². The van der Waals surface area contributed by atoms with Gasteiger partial charge in [0.15, 0.2) is 9.84 Å². The number of rotatable bonds is 6. The molecule has 2 aromatic carbocycles. The van der Waals surface area contributed by atoms with Gasteiger partial charge in [0.25, 0.3) is 0 Å². The van der Waals surface area contributed by atoms with Gasteiger partial charge in [-0.25, -0.2) is 8.42 Å². The molecular formula is C23H31Cl2N3O3S. The first-order valence-corrected chi connectivity index (χ1v) is 12.3. The summed E-state index contributed by atoms with van der Waals surface area (Å²) in [6, 6.07) is 15.8. The van der Waals surface area contributed by atoms with Crippen LogP contribution in [-0.4, -0.2) is 76.2 Å². The van der Waals surface area contributed by atoms with Crippen LogP contribution in [0.5, 0.6) is 0 Å². The highest BCUT2D eigenvalue weighted by molar-refractivity contribution is 7.90. The number of hydrogen-bond donors (Lipinski definition) is 1. The molecule has 9 heteroatoms. The van der Waals surface area contributed by atoms with Crippen LogP contribution in [0.2, 0.25) is 0 Å². The molecule has 0 bridgehead atoms. The van der Waals surface area contributed by atoms with Gasteiger partial charge in [-0.15, -0.1) is 24.8 Å². The molecule has 0 aromatic heterocycles. The summed E-state index contributed by atoms with van der Waals surface area (Å²) >= 11 is 0. The van der Waals surface area contributed by atoms with Crippen molar-refractivity contribution >= 4 is 40.6 Å². The topological polar surface area (TPSA) is 69.7 Å². The lowest BCUT2D eigenvalue weighted by Crippen LogP contribution is -2.49. The van der Waals surface area contributed by atoms with E-state index in [0.29, 0.717) is 23.4 Å². The molecule has 6 nitrogen and oxygen atoms in total. The number of amides is 1. The molecule has 1 heterocycles. The van der Waals surface area contributed by atoms with E-state index in [1.807, 2.05) is 17.0 Å². The van der Waals surface area contributed by atoms with E-state index in [1.165, 1.54) is 11.8 Å². The highest BCUT2D eigenvalue weighted by atomic mass is 35.5. The molecule has 1 saturated carbocycles. The average Bonchev–Trinajstić information content (AvgIpc) is 3.52. The van der Waals surface area contributed by atoms with Crippen LogP contribution >= 0.6 is 24.8 Å². The van der Waals surface area contributed by atoms with Crippen molar-refractivity contribution in [3.63, 3.8) is 0 Å². The number of piperazine rings is 1. The van der Waals surface area contributed by atoms with Gasteiger partial charge in [0.05, 0.1) is 11.4 Å². The molecule has 1 N–H and O–H groups in total. The second-order valence-corrected chi connectivity index (χ2v) is 10.4. The van der Waals surface area contributed by atoms with E-state index in [0.717, 1.165) is 43.7 Å². The Morgan fingerprint density at radius 2 is 1.47 bits per heavy atom. The van der Waals surface area contributed by atoms with Gasteiger partial charge in [-0.05, 0) is 42.3 Å². The first-order chi connectivity index (χ1) is 14.3. The molecule has 2 fully saturated rings. The molecular weight excluding hydrogens is 469 g/mol. The van der Waals surface area contributed by atoms with Gasteiger partial charge >= 0.3 is 0 Å². The van der Waals surface area contributed by atoms with E-state index >= 15 is 0 Å². The Labute approximate surface area is 203 Å². The summed E-state index contributed by atoms with van der Waals surface area (Å²) in [5, 5.41) is 3.42. The number of nitrogens with one attached hydrogen (secondary N) is 1. The van der Waals surface area contributed by atoms with Gasteiger partial charge in [0.1, 0.15) is 0 Å². The predicted molar refractivity (Wildman–Crippen MR) is 133 cm³/mol. The summed E-state index contributed by atoms with van der Waals surface area (Å²) in [4.78, 5) is 16.9. The molecule has 1 unspecified atom stereocenters. The minimum absolute atomic E-state index is 0. The zero-order valence-corrected chi connectivity index (χ0v) is 20.8. The third kappa shape index (κ3) is 6.45. The monoisotopic (exact) mass is 499 g/mol. The number of carbonyl (C=O) groups excluding carboxylic acids is 1.